The molecule has 4 aliphatic carbocycles. The van der Waals surface area contributed by atoms with Crippen LogP contribution in [0.4, 0.5) is 0 Å². The van der Waals surface area contributed by atoms with Gasteiger partial charge in [-0.1, -0.05) is 41.0 Å². The standard InChI is InChI=1S/C27H44O3/c1-17-13-14-25(3)19(15-17)8-9-21-22-11-10-20(18(2)7-12-24(29)30-6)27(22,5)23(28)16-26(21,25)4/h17-22H,7-16H2,1-6H3/t17-,18-,19-,20-,21+,22+,25+,26+,27-/m1/s1. The maximum atomic E-state index is 14.0. The first-order valence-electron chi connectivity index (χ1n) is 12.7. The normalized spacial score (nSPS) is 49.0. The summed E-state index contributed by atoms with van der Waals surface area (Å²) in [5.74, 6) is 4.10. The number of methoxy groups -OCH3 is 1. The van der Waals surface area contributed by atoms with Crippen molar-refractivity contribution < 1.29 is 14.3 Å². The number of carbonyl (C=O) groups excluding carboxylic acids is 2. The summed E-state index contributed by atoms with van der Waals surface area (Å²) in [6.07, 6.45) is 11.1. The molecule has 0 unspecified atom stereocenters. The molecule has 0 radical (unpaired) electrons. The Morgan fingerprint density at radius 1 is 1.07 bits per heavy atom. The third-order valence-corrected chi connectivity index (χ3v) is 11.4. The molecule has 0 bridgehead atoms. The number of Topliss-reactive ketones (excluding diaryl/α,β-unsaturated/α-hetero) is 1. The molecule has 0 spiro atoms. The van der Waals surface area contributed by atoms with Crippen LogP contribution in [0.2, 0.25) is 0 Å². The van der Waals surface area contributed by atoms with Crippen LogP contribution in [0.5, 0.6) is 0 Å². The van der Waals surface area contributed by atoms with Gasteiger partial charge in [-0.3, -0.25) is 9.59 Å². The second-order valence-electron chi connectivity index (χ2n) is 12.4. The number of carbonyl (C=O) groups is 2. The number of ether oxygens (including phenoxy) is 1. The van der Waals surface area contributed by atoms with E-state index in [-0.39, 0.29) is 16.8 Å². The Morgan fingerprint density at radius 3 is 2.47 bits per heavy atom. The highest BCUT2D eigenvalue weighted by molar-refractivity contribution is 5.87. The number of esters is 1. The smallest absolute Gasteiger partial charge is 0.305 e. The van der Waals surface area contributed by atoms with Crippen molar-refractivity contribution in [2.75, 3.05) is 7.11 Å². The van der Waals surface area contributed by atoms with Gasteiger partial charge in [0, 0.05) is 18.3 Å². The predicted octanol–water partition coefficient (Wildman–Crippen LogP) is 6.44. The van der Waals surface area contributed by atoms with E-state index in [1.807, 2.05) is 0 Å². The zero-order valence-corrected chi connectivity index (χ0v) is 20.3. The SMILES string of the molecule is COC(=O)CC[C@@H](C)[C@H]1CC[C@H]2[C@@H]3CC[C@@H]4C[C@H](C)CC[C@]4(C)[C@@]3(C)CC(=O)[C@]12C. The van der Waals surface area contributed by atoms with E-state index in [0.29, 0.717) is 41.3 Å². The summed E-state index contributed by atoms with van der Waals surface area (Å²) in [4.78, 5) is 25.6. The van der Waals surface area contributed by atoms with Crippen LogP contribution >= 0.6 is 0 Å². The van der Waals surface area contributed by atoms with E-state index in [1.165, 1.54) is 45.6 Å². The molecule has 4 aliphatic rings. The van der Waals surface area contributed by atoms with Gasteiger partial charge >= 0.3 is 5.97 Å². The van der Waals surface area contributed by atoms with Gasteiger partial charge in [0.05, 0.1) is 7.11 Å². The molecular formula is C27H44O3. The second kappa shape index (κ2) is 7.62. The number of fused-ring (bicyclic) bond motifs is 5. The molecule has 9 atom stereocenters. The Balaban J connectivity index is 1.60. The molecule has 4 rings (SSSR count). The Morgan fingerprint density at radius 2 is 1.77 bits per heavy atom. The van der Waals surface area contributed by atoms with Crippen LogP contribution in [0, 0.1) is 51.8 Å². The minimum Gasteiger partial charge on any atom is -0.469 e. The molecule has 30 heavy (non-hydrogen) atoms. The van der Waals surface area contributed by atoms with Crippen LogP contribution in [0.1, 0.15) is 98.8 Å². The summed E-state index contributed by atoms with van der Waals surface area (Å²) in [5, 5.41) is 0. The Bertz CT molecular complexity index is 700. The number of hydrogen-bond acceptors (Lipinski definition) is 3. The van der Waals surface area contributed by atoms with E-state index in [1.54, 1.807) is 0 Å². The topological polar surface area (TPSA) is 43.4 Å². The molecule has 0 N–H and O–H groups in total. The fourth-order valence-corrected chi connectivity index (χ4v) is 9.22. The first kappa shape index (κ1) is 22.3. The van der Waals surface area contributed by atoms with Crippen molar-refractivity contribution >= 4 is 11.8 Å². The lowest BCUT2D eigenvalue weighted by atomic mass is 9.37. The van der Waals surface area contributed by atoms with Gasteiger partial charge in [0.1, 0.15) is 5.78 Å². The van der Waals surface area contributed by atoms with Gasteiger partial charge in [-0.05, 0) is 91.3 Å². The molecule has 170 valence electrons. The van der Waals surface area contributed by atoms with Gasteiger partial charge in [0.15, 0.2) is 0 Å². The first-order chi connectivity index (χ1) is 14.1. The number of hydrogen-bond donors (Lipinski definition) is 0. The van der Waals surface area contributed by atoms with E-state index in [0.717, 1.165) is 31.1 Å². The summed E-state index contributed by atoms with van der Waals surface area (Å²) >= 11 is 0. The van der Waals surface area contributed by atoms with Crippen molar-refractivity contribution in [1.29, 1.82) is 0 Å². The first-order valence-corrected chi connectivity index (χ1v) is 12.7. The largest absolute Gasteiger partial charge is 0.469 e. The molecule has 4 fully saturated rings. The minimum atomic E-state index is -0.190. The molecule has 0 aromatic heterocycles. The van der Waals surface area contributed by atoms with Crippen molar-refractivity contribution in [3.8, 4) is 0 Å². The van der Waals surface area contributed by atoms with Crippen molar-refractivity contribution in [3.05, 3.63) is 0 Å². The Kier molecular flexibility index (Phi) is 5.68. The quantitative estimate of drug-likeness (QED) is 0.495. The fourth-order valence-electron chi connectivity index (χ4n) is 9.22. The van der Waals surface area contributed by atoms with E-state index >= 15 is 0 Å². The van der Waals surface area contributed by atoms with Gasteiger partial charge in [-0.15, -0.1) is 0 Å². The van der Waals surface area contributed by atoms with Crippen molar-refractivity contribution in [3.63, 3.8) is 0 Å². The lowest BCUT2D eigenvalue weighted by Crippen LogP contribution is -2.62. The zero-order valence-electron chi connectivity index (χ0n) is 20.3. The highest BCUT2D eigenvalue weighted by atomic mass is 16.5. The van der Waals surface area contributed by atoms with Gasteiger partial charge < -0.3 is 4.74 Å². The van der Waals surface area contributed by atoms with E-state index < -0.39 is 0 Å². The molecule has 0 aromatic rings. The third-order valence-electron chi connectivity index (χ3n) is 11.4. The summed E-state index contributed by atoms with van der Waals surface area (Å²) in [5.41, 5.74) is 0.306. The van der Waals surface area contributed by atoms with Crippen LogP contribution in [-0.4, -0.2) is 18.9 Å². The lowest BCUT2D eigenvalue weighted by molar-refractivity contribution is -0.186. The fraction of sp³-hybridized carbons (Fsp3) is 0.926. The number of ketones is 1. The van der Waals surface area contributed by atoms with Crippen molar-refractivity contribution in [1.82, 2.24) is 0 Å². The van der Waals surface area contributed by atoms with Gasteiger partial charge in [-0.25, -0.2) is 0 Å². The molecule has 0 saturated heterocycles. The average molecular weight is 417 g/mol. The van der Waals surface area contributed by atoms with E-state index in [4.69, 9.17) is 4.74 Å². The monoisotopic (exact) mass is 416 g/mol. The van der Waals surface area contributed by atoms with Crippen LogP contribution in [0.3, 0.4) is 0 Å². The summed E-state index contributed by atoms with van der Waals surface area (Å²) in [7, 11) is 1.47. The molecule has 0 amide bonds. The second-order valence-corrected chi connectivity index (χ2v) is 12.4. The van der Waals surface area contributed by atoms with Crippen LogP contribution < -0.4 is 0 Å². The molecule has 3 heteroatoms. The van der Waals surface area contributed by atoms with E-state index in [2.05, 4.69) is 34.6 Å². The molecule has 0 aliphatic heterocycles. The summed E-state index contributed by atoms with van der Waals surface area (Å²) in [6.45, 7) is 12.1. The average Bonchev–Trinajstić information content (AvgIpc) is 3.06. The maximum Gasteiger partial charge on any atom is 0.305 e. The summed E-state index contributed by atoms with van der Waals surface area (Å²) in [6, 6.07) is 0. The molecule has 3 nitrogen and oxygen atoms in total. The van der Waals surface area contributed by atoms with Crippen molar-refractivity contribution in [2.45, 2.75) is 98.8 Å². The van der Waals surface area contributed by atoms with Crippen LogP contribution in [-0.2, 0) is 14.3 Å². The van der Waals surface area contributed by atoms with Crippen LogP contribution in [0.25, 0.3) is 0 Å². The molecule has 0 heterocycles. The third kappa shape index (κ3) is 3.04. The minimum absolute atomic E-state index is 0.123. The van der Waals surface area contributed by atoms with Gasteiger partial charge in [0.25, 0.3) is 0 Å². The Hall–Kier alpha value is -0.860. The van der Waals surface area contributed by atoms with E-state index in [9.17, 15) is 9.59 Å². The lowest BCUT2D eigenvalue weighted by Gasteiger charge is -2.66. The predicted molar refractivity (Wildman–Crippen MR) is 120 cm³/mol. The Labute approximate surface area is 184 Å². The van der Waals surface area contributed by atoms with Crippen molar-refractivity contribution in [2.24, 2.45) is 51.8 Å². The number of rotatable bonds is 4. The van der Waals surface area contributed by atoms with Crippen LogP contribution in [0.15, 0.2) is 0 Å². The zero-order chi connectivity index (χ0) is 21.9. The molecular weight excluding hydrogens is 372 g/mol. The summed E-state index contributed by atoms with van der Waals surface area (Å²) < 4.78 is 4.86. The highest BCUT2D eigenvalue weighted by Crippen LogP contribution is 2.72. The maximum absolute atomic E-state index is 14.0. The highest BCUT2D eigenvalue weighted by Gasteiger charge is 2.68. The van der Waals surface area contributed by atoms with Gasteiger partial charge in [0.2, 0.25) is 0 Å². The molecule has 0 aromatic carbocycles. The molecule has 4 saturated carbocycles. The van der Waals surface area contributed by atoms with Gasteiger partial charge in [-0.2, -0.15) is 0 Å².